The number of para-hydroxylation sites is 1. The van der Waals surface area contributed by atoms with Crippen LogP contribution >= 0.6 is 0 Å². The number of fused-ring (bicyclic) bond motifs is 1. The molecule has 4 aromatic rings. The number of benzene rings is 3. The molecular formula is C31H34N2O6. The molecule has 0 bridgehead atoms. The van der Waals surface area contributed by atoms with Gasteiger partial charge in [-0.2, -0.15) is 0 Å². The molecular weight excluding hydrogens is 496 g/mol. The molecule has 2 unspecified atom stereocenters. The van der Waals surface area contributed by atoms with Gasteiger partial charge < -0.3 is 19.2 Å². The van der Waals surface area contributed by atoms with Gasteiger partial charge in [0.2, 0.25) is 5.91 Å². The first-order chi connectivity index (χ1) is 19.1. The summed E-state index contributed by atoms with van der Waals surface area (Å²) < 4.78 is 16.4. The quantitative estimate of drug-likeness (QED) is 0.0877. The number of carbonyl (C=O) groups excluding carboxylic acids is 2. The molecule has 0 saturated carbocycles. The molecule has 0 aliphatic rings. The maximum Gasteiger partial charge on any atom is 0.251 e. The van der Waals surface area contributed by atoms with Gasteiger partial charge in [-0.1, -0.05) is 60.7 Å². The van der Waals surface area contributed by atoms with Gasteiger partial charge in [0.25, 0.3) is 5.91 Å². The Morgan fingerprint density at radius 3 is 2.44 bits per heavy atom. The molecule has 8 heteroatoms. The fraction of sp³-hybridized carbons (Fsp3) is 0.290. The smallest absolute Gasteiger partial charge is 0.251 e. The Kier molecular flexibility index (Phi) is 10.2. The monoisotopic (exact) mass is 530 g/mol. The minimum absolute atomic E-state index is 0.0590. The third-order valence-corrected chi connectivity index (χ3v) is 6.62. The predicted molar refractivity (Wildman–Crippen MR) is 148 cm³/mol. The van der Waals surface area contributed by atoms with Gasteiger partial charge >= 0.3 is 0 Å². The zero-order valence-corrected chi connectivity index (χ0v) is 22.0. The Bertz CT molecular complexity index is 1300. The van der Waals surface area contributed by atoms with Crippen LogP contribution in [0.15, 0.2) is 89.3 Å². The molecule has 8 nitrogen and oxygen atoms in total. The van der Waals surface area contributed by atoms with Gasteiger partial charge in [0.15, 0.2) is 0 Å². The summed E-state index contributed by atoms with van der Waals surface area (Å²) in [5.41, 5.74) is 5.09. The number of ether oxygens (including phenoxy) is 2. The number of nitrogens with one attached hydrogen (secondary N) is 2. The Balaban J connectivity index is 1.40. The Hall–Kier alpha value is -3.98. The Morgan fingerprint density at radius 2 is 1.72 bits per heavy atom. The van der Waals surface area contributed by atoms with Crippen molar-refractivity contribution in [1.82, 2.24) is 10.8 Å². The topological polar surface area (TPSA) is 110 Å². The van der Waals surface area contributed by atoms with Crippen LogP contribution in [0.1, 0.15) is 35.2 Å². The predicted octanol–water partition coefficient (Wildman–Crippen LogP) is 5.35. The van der Waals surface area contributed by atoms with Gasteiger partial charge in [0, 0.05) is 29.5 Å². The molecule has 3 N–H and O–H groups in total. The van der Waals surface area contributed by atoms with E-state index in [0.29, 0.717) is 18.4 Å². The number of hydrogen-bond acceptors (Lipinski definition) is 6. The van der Waals surface area contributed by atoms with Crippen LogP contribution in [0.2, 0.25) is 0 Å². The Labute approximate surface area is 227 Å². The van der Waals surface area contributed by atoms with Crippen molar-refractivity contribution >= 4 is 22.8 Å². The van der Waals surface area contributed by atoms with Crippen molar-refractivity contribution in [3.05, 3.63) is 96.1 Å². The highest BCUT2D eigenvalue weighted by Crippen LogP contribution is 2.28. The summed E-state index contributed by atoms with van der Waals surface area (Å²) in [6.45, 7) is 0.216. The molecule has 2 atom stereocenters. The lowest BCUT2D eigenvalue weighted by Gasteiger charge is -2.23. The number of amides is 2. The van der Waals surface area contributed by atoms with Crippen molar-refractivity contribution in [1.29, 1.82) is 0 Å². The van der Waals surface area contributed by atoms with E-state index in [1.54, 1.807) is 17.6 Å². The van der Waals surface area contributed by atoms with Crippen molar-refractivity contribution in [2.45, 2.75) is 31.7 Å². The number of hydroxylamine groups is 1. The molecule has 1 heterocycles. The molecule has 0 radical (unpaired) electrons. The first kappa shape index (κ1) is 28.0. The fourth-order valence-electron chi connectivity index (χ4n) is 4.61. The molecule has 1 aromatic heterocycles. The number of aryl methyl sites for hydroxylation is 1. The second-order valence-corrected chi connectivity index (χ2v) is 9.46. The summed E-state index contributed by atoms with van der Waals surface area (Å²) in [6, 6.07) is 26.5. The van der Waals surface area contributed by atoms with Crippen LogP contribution in [0.4, 0.5) is 0 Å². The molecule has 0 spiro atoms. The summed E-state index contributed by atoms with van der Waals surface area (Å²) in [5.74, 6) is -0.554. The van der Waals surface area contributed by atoms with E-state index in [9.17, 15) is 14.8 Å². The van der Waals surface area contributed by atoms with Crippen molar-refractivity contribution in [2.24, 2.45) is 5.92 Å². The largest absolute Gasteiger partial charge is 0.456 e. The maximum atomic E-state index is 13.1. The summed E-state index contributed by atoms with van der Waals surface area (Å²) in [4.78, 5) is 25.6. The summed E-state index contributed by atoms with van der Waals surface area (Å²) >= 11 is 0. The van der Waals surface area contributed by atoms with E-state index in [2.05, 4.69) is 5.32 Å². The first-order valence-electron chi connectivity index (χ1n) is 13.0. The van der Waals surface area contributed by atoms with Crippen molar-refractivity contribution in [3.63, 3.8) is 0 Å². The lowest BCUT2D eigenvalue weighted by atomic mass is 9.92. The second-order valence-electron chi connectivity index (χ2n) is 9.46. The van der Waals surface area contributed by atoms with Crippen LogP contribution in [0.5, 0.6) is 0 Å². The number of rotatable bonds is 14. The highest BCUT2D eigenvalue weighted by molar-refractivity contribution is 5.95. The van der Waals surface area contributed by atoms with E-state index < -0.39 is 17.9 Å². The molecule has 3 aromatic carbocycles. The van der Waals surface area contributed by atoms with E-state index in [-0.39, 0.29) is 19.3 Å². The van der Waals surface area contributed by atoms with E-state index >= 15 is 0 Å². The number of hydrogen-bond donors (Lipinski definition) is 3. The maximum absolute atomic E-state index is 13.1. The number of furan rings is 1. The molecule has 204 valence electrons. The normalized spacial score (nSPS) is 12.7. The third-order valence-electron chi connectivity index (χ3n) is 6.62. The summed E-state index contributed by atoms with van der Waals surface area (Å²) in [6.07, 6.45) is 2.41. The summed E-state index contributed by atoms with van der Waals surface area (Å²) in [7, 11) is 1.52. The molecule has 0 fully saturated rings. The van der Waals surface area contributed by atoms with E-state index in [0.717, 1.165) is 35.1 Å². The summed E-state index contributed by atoms with van der Waals surface area (Å²) in [5, 5.41) is 13.3. The second kappa shape index (κ2) is 14.2. The van der Waals surface area contributed by atoms with Crippen molar-refractivity contribution < 1.29 is 28.7 Å². The molecule has 0 saturated heterocycles. The standard InChI is InChI=1S/C31H34N2O6/c1-37-21-38-20-27(18-26(31(35)33-36)12-7-10-22-8-3-2-4-9-22)32-30(34)24-16-14-23(15-17-24)29-19-25-11-5-6-13-28(25)39-29/h2-6,8-9,11,13-17,19,26-27,36H,7,10,12,18,20-21H2,1H3,(H,32,34)(H,33,35). The van der Waals surface area contributed by atoms with Crippen molar-refractivity contribution in [3.8, 4) is 11.3 Å². The van der Waals surface area contributed by atoms with Crippen LogP contribution < -0.4 is 10.8 Å². The van der Waals surface area contributed by atoms with E-state index in [4.69, 9.17) is 13.9 Å². The van der Waals surface area contributed by atoms with Gasteiger partial charge in [0.1, 0.15) is 18.1 Å². The van der Waals surface area contributed by atoms with Crippen LogP contribution in [-0.2, 0) is 20.7 Å². The van der Waals surface area contributed by atoms with Crippen LogP contribution in [0, 0.1) is 5.92 Å². The van der Waals surface area contributed by atoms with Gasteiger partial charge in [-0.05, 0) is 55.5 Å². The van der Waals surface area contributed by atoms with Gasteiger partial charge in [-0.3, -0.25) is 14.8 Å². The third kappa shape index (κ3) is 8.00. The Morgan fingerprint density at radius 1 is 0.974 bits per heavy atom. The number of carbonyl (C=O) groups is 2. The van der Waals surface area contributed by atoms with Gasteiger partial charge in [-0.25, -0.2) is 5.48 Å². The van der Waals surface area contributed by atoms with Crippen LogP contribution in [-0.4, -0.2) is 43.6 Å². The van der Waals surface area contributed by atoms with E-state index in [1.165, 1.54) is 12.7 Å². The minimum atomic E-state index is -0.509. The molecule has 4 rings (SSSR count). The van der Waals surface area contributed by atoms with Gasteiger partial charge in [-0.15, -0.1) is 0 Å². The van der Waals surface area contributed by atoms with Crippen LogP contribution in [0.25, 0.3) is 22.3 Å². The van der Waals surface area contributed by atoms with Crippen molar-refractivity contribution in [2.75, 3.05) is 20.5 Å². The highest BCUT2D eigenvalue weighted by Gasteiger charge is 2.25. The minimum Gasteiger partial charge on any atom is -0.456 e. The van der Waals surface area contributed by atoms with Crippen LogP contribution in [0.3, 0.4) is 0 Å². The zero-order valence-electron chi connectivity index (χ0n) is 22.0. The zero-order chi connectivity index (χ0) is 27.5. The lowest BCUT2D eigenvalue weighted by molar-refractivity contribution is -0.134. The lowest BCUT2D eigenvalue weighted by Crippen LogP contribution is -2.42. The molecule has 0 aliphatic carbocycles. The highest BCUT2D eigenvalue weighted by atomic mass is 16.7. The molecule has 0 aliphatic heterocycles. The van der Waals surface area contributed by atoms with E-state index in [1.807, 2.05) is 72.8 Å². The molecule has 2 amide bonds. The average Bonchev–Trinajstić information content (AvgIpc) is 3.41. The molecule has 39 heavy (non-hydrogen) atoms. The first-order valence-corrected chi connectivity index (χ1v) is 13.0. The SMILES string of the molecule is COCOCC(CC(CCCc1ccccc1)C(=O)NO)NC(=O)c1ccc(-c2cc3ccccc3o2)cc1. The van der Waals surface area contributed by atoms with Gasteiger partial charge in [0.05, 0.1) is 12.6 Å². The number of methoxy groups -OCH3 is 1. The average molecular weight is 531 g/mol. The fourth-order valence-corrected chi connectivity index (χ4v) is 4.61.